The number of rotatable bonds is 3. The van der Waals surface area contributed by atoms with E-state index in [1.807, 2.05) is 20.8 Å². The maximum absolute atomic E-state index is 12.8. The van der Waals surface area contributed by atoms with E-state index in [0.717, 1.165) is 29.9 Å². The van der Waals surface area contributed by atoms with Crippen molar-refractivity contribution in [1.29, 1.82) is 0 Å². The Labute approximate surface area is 182 Å². The van der Waals surface area contributed by atoms with Crippen LogP contribution in [0.2, 0.25) is 0 Å². The van der Waals surface area contributed by atoms with E-state index in [1.165, 1.54) is 23.8 Å². The highest BCUT2D eigenvalue weighted by Crippen LogP contribution is 2.34. The maximum Gasteiger partial charge on any atom is 0.171 e. The van der Waals surface area contributed by atoms with Crippen LogP contribution in [-0.4, -0.2) is 50.8 Å². The lowest BCUT2D eigenvalue weighted by Gasteiger charge is -2.28. The largest absolute Gasteiger partial charge is 0.361 e. The lowest BCUT2D eigenvalue weighted by atomic mass is 9.87. The van der Waals surface area contributed by atoms with Crippen molar-refractivity contribution in [3.63, 3.8) is 0 Å². The molecule has 2 N–H and O–H groups in total. The summed E-state index contributed by atoms with van der Waals surface area (Å²) in [6.07, 6.45) is 8.07. The number of benzene rings is 1. The van der Waals surface area contributed by atoms with Crippen molar-refractivity contribution in [3.05, 3.63) is 47.9 Å². The SMILES string of the molecule is CN1CCC(c2c[nH]c3cc(-c4cnc5[nH]cc(C(=O)C(C)(C)C)c5n4)ccc23)CC1. The van der Waals surface area contributed by atoms with Gasteiger partial charge in [0.05, 0.1) is 17.5 Å². The second-order valence-electron chi connectivity index (χ2n) is 9.82. The zero-order valence-electron chi connectivity index (χ0n) is 18.6. The van der Waals surface area contributed by atoms with E-state index in [-0.39, 0.29) is 5.78 Å². The molecule has 5 rings (SSSR count). The van der Waals surface area contributed by atoms with Gasteiger partial charge in [0.15, 0.2) is 11.4 Å². The number of hydrogen-bond donors (Lipinski definition) is 2. The van der Waals surface area contributed by atoms with Crippen LogP contribution in [0.4, 0.5) is 0 Å². The molecule has 4 aromatic rings. The van der Waals surface area contributed by atoms with Crippen LogP contribution in [0.15, 0.2) is 36.8 Å². The average Bonchev–Trinajstić information content (AvgIpc) is 3.36. The van der Waals surface area contributed by atoms with Crippen LogP contribution in [-0.2, 0) is 0 Å². The first-order valence-corrected chi connectivity index (χ1v) is 11.0. The van der Waals surface area contributed by atoms with Gasteiger partial charge in [-0.1, -0.05) is 32.9 Å². The second-order valence-corrected chi connectivity index (χ2v) is 9.82. The van der Waals surface area contributed by atoms with E-state index < -0.39 is 5.41 Å². The van der Waals surface area contributed by atoms with Gasteiger partial charge in [0.1, 0.15) is 5.52 Å². The summed E-state index contributed by atoms with van der Waals surface area (Å²) in [4.78, 5) is 31.1. The summed E-state index contributed by atoms with van der Waals surface area (Å²) in [7, 11) is 2.19. The van der Waals surface area contributed by atoms with Gasteiger partial charge in [-0.25, -0.2) is 9.97 Å². The quantitative estimate of drug-likeness (QED) is 0.454. The monoisotopic (exact) mass is 415 g/mol. The van der Waals surface area contributed by atoms with Crippen molar-refractivity contribution in [3.8, 4) is 11.3 Å². The van der Waals surface area contributed by atoms with Crippen LogP contribution in [0.25, 0.3) is 33.3 Å². The molecular weight excluding hydrogens is 386 g/mol. The van der Waals surface area contributed by atoms with E-state index in [2.05, 4.69) is 51.3 Å². The Bertz CT molecular complexity index is 1270. The number of aromatic amines is 2. The summed E-state index contributed by atoms with van der Waals surface area (Å²) in [6, 6.07) is 6.45. The fraction of sp³-hybridized carbons (Fsp3) is 0.400. The van der Waals surface area contributed by atoms with E-state index in [0.29, 0.717) is 22.6 Å². The van der Waals surface area contributed by atoms with Crippen molar-refractivity contribution in [2.75, 3.05) is 20.1 Å². The number of Topliss-reactive ketones (excluding diaryl/α,β-unsaturated/α-hetero) is 1. The molecule has 0 amide bonds. The van der Waals surface area contributed by atoms with E-state index in [1.54, 1.807) is 12.4 Å². The number of carbonyl (C=O) groups excluding carboxylic acids is 1. The number of fused-ring (bicyclic) bond motifs is 2. The Morgan fingerprint density at radius 1 is 1.13 bits per heavy atom. The molecule has 0 radical (unpaired) electrons. The fourth-order valence-corrected chi connectivity index (χ4v) is 4.57. The zero-order chi connectivity index (χ0) is 21.8. The summed E-state index contributed by atoms with van der Waals surface area (Å²) in [5, 5.41) is 1.29. The predicted molar refractivity (Wildman–Crippen MR) is 124 cm³/mol. The highest BCUT2D eigenvalue weighted by atomic mass is 16.1. The Kier molecular flexibility index (Phi) is 4.70. The van der Waals surface area contributed by atoms with Gasteiger partial charge in [0.2, 0.25) is 0 Å². The van der Waals surface area contributed by atoms with Crippen LogP contribution >= 0.6 is 0 Å². The molecule has 160 valence electrons. The maximum atomic E-state index is 12.8. The second kappa shape index (κ2) is 7.31. The van der Waals surface area contributed by atoms with Crippen molar-refractivity contribution in [2.45, 2.75) is 39.5 Å². The number of ketones is 1. The fourth-order valence-electron chi connectivity index (χ4n) is 4.57. The average molecular weight is 416 g/mol. The van der Waals surface area contributed by atoms with Gasteiger partial charge in [-0.2, -0.15) is 0 Å². The summed E-state index contributed by atoms with van der Waals surface area (Å²) in [5.74, 6) is 0.672. The summed E-state index contributed by atoms with van der Waals surface area (Å²) in [6.45, 7) is 8.07. The number of piperidine rings is 1. The van der Waals surface area contributed by atoms with Gasteiger partial charge in [-0.15, -0.1) is 0 Å². The molecule has 1 aromatic carbocycles. The van der Waals surface area contributed by atoms with Crippen LogP contribution in [0.1, 0.15) is 55.5 Å². The van der Waals surface area contributed by atoms with Crippen molar-refractivity contribution in [2.24, 2.45) is 5.41 Å². The number of H-pyrrole nitrogens is 2. The molecule has 6 heteroatoms. The first kappa shape index (κ1) is 19.9. The number of nitrogens with one attached hydrogen (secondary N) is 2. The zero-order valence-corrected chi connectivity index (χ0v) is 18.6. The van der Waals surface area contributed by atoms with Crippen molar-refractivity contribution in [1.82, 2.24) is 24.8 Å². The number of likely N-dealkylation sites (tertiary alicyclic amines) is 1. The minimum Gasteiger partial charge on any atom is -0.361 e. The van der Waals surface area contributed by atoms with E-state index in [4.69, 9.17) is 4.98 Å². The molecule has 0 spiro atoms. The third-order valence-corrected chi connectivity index (χ3v) is 6.47. The summed E-state index contributed by atoms with van der Waals surface area (Å²) in [5.41, 5.74) is 5.70. The lowest BCUT2D eigenvalue weighted by molar-refractivity contribution is 0.0860. The molecule has 0 aliphatic carbocycles. The van der Waals surface area contributed by atoms with Gasteiger partial charge in [-0.3, -0.25) is 4.79 Å². The van der Waals surface area contributed by atoms with Crippen LogP contribution in [0, 0.1) is 5.41 Å². The Balaban J connectivity index is 1.51. The highest BCUT2D eigenvalue weighted by molar-refractivity contribution is 6.08. The standard InChI is InChI=1S/C25H29N5O/c1-25(2,3)23(31)19-13-27-24-22(19)29-21(14-28-24)16-5-6-17-18(12-26-20(17)11-16)15-7-9-30(4)10-8-15/h5-6,11-15,26H,7-10H2,1-4H3,(H,27,28). The van der Waals surface area contributed by atoms with Gasteiger partial charge < -0.3 is 14.9 Å². The van der Waals surface area contributed by atoms with Gasteiger partial charge in [0, 0.05) is 34.3 Å². The molecule has 4 heterocycles. The Morgan fingerprint density at radius 2 is 1.90 bits per heavy atom. The van der Waals surface area contributed by atoms with E-state index >= 15 is 0 Å². The molecule has 1 aliphatic heterocycles. The Morgan fingerprint density at radius 3 is 2.65 bits per heavy atom. The normalized spacial score (nSPS) is 16.4. The molecule has 3 aromatic heterocycles. The first-order chi connectivity index (χ1) is 14.8. The summed E-state index contributed by atoms with van der Waals surface area (Å²) >= 11 is 0. The van der Waals surface area contributed by atoms with Gasteiger partial charge in [0.25, 0.3) is 0 Å². The molecule has 1 fully saturated rings. The van der Waals surface area contributed by atoms with Crippen LogP contribution in [0.5, 0.6) is 0 Å². The molecule has 1 aliphatic rings. The molecule has 1 saturated heterocycles. The molecule has 31 heavy (non-hydrogen) atoms. The van der Waals surface area contributed by atoms with Gasteiger partial charge >= 0.3 is 0 Å². The number of nitrogens with zero attached hydrogens (tertiary/aromatic N) is 3. The van der Waals surface area contributed by atoms with Gasteiger partial charge in [-0.05, 0) is 50.5 Å². The third-order valence-electron chi connectivity index (χ3n) is 6.47. The smallest absolute Gasteiger partial charge is 0.171 e. The first-order valence-electron chi connectivity index (χ1n) is 11.0. The minimum absolute atomic E-state index is 0.0628. The highest BCUT2D eigenvalue weighted by Gasteiger charge is 2.26. The van der Waals surface area contributed by atoms with Crippen LogP contribution in [0.3, 0.4) is 0 Å². The molecule has 6 nitrogen and oxygen atoms in total. The van der Waals surface area contributed by atoms with E-state index in [9.17, 15) is 4.79 Å². The predicted octanol–water partition coefficient (Wildman–Crippen LogP) is 5.14. The summed E-state index contributed by atoms with van der Waals surface area (Å²) < 4.78 is 0. The third kappa shape index (κ3) is 3.55. The number of aromatic nitrogens is 4. The topological polar surface area (TPSA) is 77.7 Å². The van der Waals surface area contributed by atoms with Crippen molar-refractivity contribution < 1.29 is 4.79 Å². The number of carbonyl (C=O) groups is 1. The molecule has 0 bridgehead atoms. The molecule has 0 unspecified atom stereocenters. The Hall–Kier alpha value is -2.99. The molecule has 0 atom stereocenters. The molecular formula is C25H29N5O. The van der Waals surface area contributed by atoms with Crippen molar-refractivity contribution >= 4 is 27.9 Å². The molecule has 0 saturated carbocycles. The van der Waals surface area contributed by atoms with Crippen LogP contribution < -0.4 is 0 Å². The minimum atomic E-state index is -0.472. The number of hydrogen-bond acceptors (Lipinski definition) is 4. The lowest BCUT2D eigenvalue weighted by Crippen LogP contribution is -2.29.